The molecule has 2 rings (SSSR count). The van der Waals surface area contributed by atoms with Crippen LogP contribution < -0.4 is 10.6 Å². The summed E-state index contributed by atoms with van der Waals surface area (Å²) in [6.07, 6.45) is 4.25. The number of nitrogens with two attached hydrogens (primary N) is 1. The van der Waals surface area contributed by atoms with Gasteiger partial charge in [0, 0.05) is 33.2 Å². The molecule has 1 aromatic heterocycles. The van der Waals surface area contributed by atoms with Crippen LogP contribution in [0.15, 0.2) is 0 Å². The number of hydrogen-bond donors (Lipinski definition) is 2. The van der Waals surface area contributed by atoms with E-state index >= 15 is 0 Å². The minimum Gasteiger partial charge on any atom is -0.385 e. The van der Waals surface area contributed by atoms with Crippen molar-refractivity contribution in [2.45, 2.75) is 25.7 Å². The Kier molecular flexibility index (Phi) is 4.95. The summed E-state index contributed by atoms with van der Waals surface area (Å²) in [6.45, 7) is 3.52. The fourth-order valence-corrected chi connectivity index (χ4v) is 2.36. The molecule has 6 nitrogen and oxygen atoms in total. The van der Waals surface area contributed by atoms with Crippen molar-refractivity contribution >= 4 is 5.95 Å². The Morgan fingerprint density at radius 3 is 3.22 bits per heavy atom. The molecule has 102 valence electrons. The van der Waals surface area contributed by atoms with Crippen LogP contribution in [0.2, 0.25) is 0 Å². The number of rotatable bonds is 6. The molecule has 0 amide bonds. The van der Waals surface area contributed by atoms with E-state index in [-0.39, 0.29) is 0 Å². The van der Waals surface area contributed by atoms with Crippen LogP contribution in [0, 0.1) is 5.92 Å². The number of aromatic amines is 1. The number of aryl methyl sites for hydroxylation is 1. The molecule has 1 atom stereocenters. The van der Waals surface area contributed by atoms with Gasteiger partial charge >= 0.3 is 0 Å². The molecular formula is C12H23N5O. The lowest BCUT2D eigenvalue weighted by Gasteiger charge is -2.31. The van der Waals surface area contributed by atoms with Gasteiger partial charge in [-0.05, 0) is 31.7 Å². The van der Waals surface area contributed by atoms with Crippen molar-refractivity contribution in [3.8, 4) is 0 Å². The molecule has 0 aromatic carbocycles. The van der Waals surface area contributed by atoms with Gasteiger partial charge in [-0.15, -0.1) is 5.10 Å². The van der Waals surface area contributed by atoms with Crippen LogP contribution in [0.5, 0.6) is 0 Å². The average molecular weight is 253 g/mol. The van der Waals surface area contributed by atoms with Gasteiger partial charge in [-0.2, -0.15) is 4.98 Å². The Bertz CT molecular complexity index is 354. The highest BCUT2D eigenvalue weighted by Crippen LogP contribution is 2.19. The summed E-state index contributed by atoms with van der Waals surface area (Å²) in [5, 5.41) is 7.30. The minimum atomic E-state index is 0.578. The normalized spacial score (nSPS) is 20.3. The summed E-state index contributed by atoms with van der Waals surface area (Å²) in [5.41, 5.74) is 5.74. The second kappa shape index (κ2) is 6.70. The lowest BCUT2D eigenvalue weighted by Crippen LogP contribution is -2.39. The maximum absolute atomic E-state index is 5.74. The smallest absolute Gasteiger partial charge is 0.244 e. The number of ether oxygens (including phenoxy) is 1. The number of nitrogens with zero attached hydrogens (tertiary/aromatic N) is 3. The van der Waals surface area contributed by atoms with E-state index in [4.69, 9.17) is 10.5 Å². The topological polar surface area (TPSA) is 80.1 Å². The van der Waals surface area contributed by atoms with E-state index in [2.05, 4.69) is 20.1 Å². The number of aromatic nitrogens is 3. The van der Waals surface area contributed by atoms with Crippen molar-refractivity contribution in [2.24, 2.45) is 11.7 Å². The van der Waals surface area contributed by atoms with Crippen molar-refractivity contribution in [2.75, 3.05) is 38.3 Å². The van der Waals surface area contributed by atoms with Gasteiger partial charge in [-0.1, -0.05) is 0 Å². The standard InChI is InChI=1S/C12H23N5O/c1-18-7-3-5-11-14-12(16-15-11)17-6-2-4-10(8-13)9-17/h10H,2-9,13H2,1H3,(H,14,15,16). The molecule has 2 heterocycles. The van der Waals surface area contributed by atoms with Gasteiger partial charge in [0.25, 0.3) is 0 Å². The molecule has 1 aromatic rings. The van der Waals surface area contributed by atoms with Crippen LogP contribution in [0.3, 0.4) is 0 Å². The fraction of sp³-hybridized carbons (Fsp3) is 0.833. The van der Waals surface area contributed by atoms with Gasteiger partial charge in [-0.25, -0.2) is 0 Å². The molecule has 0 saturated carbocycles. The van der Waals surface area contributed by atoms with Gasteiger partial charge in [0.2, 0.25) is 5.95 Å². The molecule has 0 bridgehead atoms. The molecule has 1 fully saturated rings. The molecular weight excluding hydrogens is 230 g/mol. The van der Waals surface area contributed by atoms with Gasteiger partial charge in [0.1, 0.15) is 5.82 Å². The van der Waals surface area contributed by atoms with Gasteiger partial charge < -0.3 is 15.4 Å². The number of piperidine rings is 1. The molecule has 0 aliphatic carbocycles. The van der Waals surface area contributed by atoms with Crippen LogP contribution in [-0.2, 0) is 11.2 Å². The molecule has 1 aliphatic rings. The maximum atomic E-state index is 5.74. The number of anilines is 1. The van der Waals surface area contributed by atoms with Crippen molar-refractivity contribution in [3.05, 3.63) is 5.82 Å². The van der Waals surface area contributed by atoms with E-state index in [1.807, 2.05) is 0 Å². The third-order valence-electron chi connectivity index (χ3n) is 3.42. The Hall–Kier alpha value is -1.14. The Morgan fingerprint density at radius 2 is 2.44 bits per heavy atom. The van der Waals surface area contributed by atoms with Gasteiger partial charge in [0.05, 0.1) is 0 Å². The van der Waals surface area contributed by atoms with E-state index in [0.717, 1.165) is 50.9 Å². The number of hydrogen-bond acceptors (Lipinski definition) is 5. The predicted molar refractivity (Wildman–Crippen MR) is 70.6 cm³/mol. The highest BCUT2D eigenvalue weighted by molar-refractivity contribution is 5.29. The summed E-state index contributed by atoms with van der Waals surface area (Å²) in [5.74, 6) is 2.34. The first-order valence-electron chi connectivity index (χ1n) is 6.68. The van der Waals surface area contributed by atoms with E-state index in [1.165, 1.54) is 12.8 Å². The molecule has 18 heavy (non-hydrogen) atoms. The Morgan fingerprint density at radius 1 is 1.56 bits per heavy atom. The maximum Gasteiger partial charge on any atom is 0.244 e. The van der Waals surface area contributed by atoms with Crippen LogP contribution in [0.1, 0.15) is 25.1 Å². The molecule has 1 unspecified atom stereocenters. The van der Waals surface area contributed by atoms with E-state index in [1.54, 1.807) is 7.11 Å². The van der Waals surface area contributed by atoms with E-state index in [0.29, 0.717) is 5.92 Å². The third-order valence-corrected chi connectivity index (χ3v) is 3.42. The SMILES string of the molecule is COCCCc1nc(N2CCCC(CN)C2)n[nH]1. The molecule has 6 heteroatoms. The predicted octanol–water partition coefficient (Wildman–Crippen LogP) is 0.559. The quantitative estimate of drug-likeness (QED) is 0.724. The molecule has 1 saturated heterocycles. The van der Waals surface area contributed by atoms with Crippen LogP contribution in [0.4, 0.5) is 5.95 Å². The van der Waals surface area contributed by atoms with Gasteiger partial charge in [0.15, 0.2) is 0 Å². The van der Waals surface area contributed by atoms with Crippen molar-refractivity contribution in [1.82, 2.24) is 15.2 Å². The Labute approximate surface area is 108 Å². The number of methoxy groups -OCH3 is 1. The highest BCUT2D eigenvalue weighted by atomic mass is 16.5. The largest absolute Gasteiger partial charge is 0.385 e. The fourth-order valence-electron chi connectivity index (χ4n) is 2.36. The highest BCUT2D eigenvalue weighted by Gasteiger charge is 2.21. The van der Waals surface area contributed by atoms with Crippen LogP contribution in [0.25, 0.3) is 0 Å². The zero-order chi connectivity index (χ0) is 12.8. The van der Waals surface area contributed by atoms with Gasteiger partial charge in [-0.3, -0.25) is 5.10 Å². The monoisotopic (exact) mass is 253 g/mol. The lowest BCUT2D eigenvalue weighted by molar-refractivity contribution is 0.194. The first kappa shape index (κ1) is 13.3. The zero-order valence-corrected chi connectivity index (χ0v) is 11.1. The van der Waals surface area contributed by atoms with Crippen LogP contribution in [-0.4, -0.2) is 48.5 Å². The molecule has 0 radical (unpaired) electrons. The summed E-state index contributed by atoms with van der Waals surface area (Å²) in [7, 11) is 1.71. The first-order valence-corrected chi connectivity index (χ1v) is 6.68. The molecule has 3 N–H and O–H groups in total. The number of nitrogens with one attached hydrogen (secondary N) is 1. The molecule has 1 aliphatic heterocycles. The van der Waals surface area contributed by atoms with Crippen molar-refractivity contribution < 1.29 is 4.74 Å². The minimum absolute atomic E-state index is 0.578. The van der Waals surface area contributed by atoms with Crippen molar-refractivity contribution in [1.29, 1.82) is 0 Å². The summed E-state index contributed by atoms with van der Waals surface area (Å²) >= 11 is 0. The molecule has 0 spiro atoms. The lowest BCUT2D eigenvalue weighted by atomic mass is 9.99. The average Bonchev–Trinajstić information content (AvgIpc) is 2.88. The summed E-state index contributed by atoms with van der Waals surface area (Å²) < 4.78 is 5.03. The second-order valence-corrected chi connectivity index (χ2v) is 4.87. The number of H-pyrrole nitrogens is 1. The van der Waals surface area contributed by atoms with E-state index in [9.17, 15) is 0 Å². The third kappa shape index (κ3) is 3.43. The first-order chi connectivity index (χ1) is 8.83. The zero-order valence-electron chi connectivity index (χ0n) is 11.1. The van der Waals surface area contributed by atoms with Crippen LogP contribution >= 0.6 is 0 Å². The second-order valence-electron chi connectivity index (χ2n) is 4.87. The Balaban J connectivity index is 1.88. The summed E-state index contributed by atoms with van der Waals surface area (Å²) in [4.78, 5) is 6.77. The van der Waals surface area contributed by atoms with E-state index < -0.39 is 0 Å². The van der Waals surface area contributed by atoms with Crippen molar-refractivity contribution in [3.63, 3.8) is 0 Å². The summed E-state index contributed by atoms with van der Waals surface area (Å²) in [6, 6.07) is 0.